The Morgan fingerprint density at radius 1 is 0.793 bits per heavy atom. The minimum absolute atomic E-state index is 0.0673. The molecular formula is C24H33BrF4. The predicted octanol–water partition coefficient (Wildman–Crippen LogP) is 9.07. The van der Waals surface area contributed by atoms with E-state index in [1.165, 1.54) is 51.4 Å². The lowest BCUT2D eigenvalue weighted by Crippen LogP contribution is -2.18. The third kappa shape index (κ3) is 6.21. The highest BCUT2D eigenvalue weighted by Gasteiger charge is 2.35. The Kier molecular flexibility index (Phi) is 8.08. The first kappa shape index (κ1) is 23.1. The fourth-order valence-corrected chi connectivity index (χ4v) is 5.95. The van der Waals surface area contributed by atoms with E-state index in [0.29, 0.717) is 11.5 Å². The van der Waals surface area contributed by atoms with Gasteiger partial charge in [0.15, 0.2) is 0 Å². The minimum atomic E-state index is -3.69. The molecule has 5 heteroatoms. The van der Waals surface area contributed by atoms with Gasteiger partial charge in [-0.15, -0.1) is 0 Å². The third-order valence-corrected chi connectivity index (χ3v) is 7.71. The van der Waals surface area contributed by atoms with E-state index in [9.17, 15) is 17.6 Å². The molecule has 2 saturated carbocycles. The normalized spacial score (nSPS) is 28.5. The number of rotatable bonds is 7. The molecule has 3 rings (SSSR count). The maximum atomic E-state index is 14.1. The standard InChI is InChI=1S/C24H33BrF4/c1-2-3-16-4-6-17(7-5-16)8-9-18-10-12-19(13-11-18)20-14-21(26)23(22(27)15-20)24(25,28)29/h14-19H,2-13H2,1H3. The van der Waals surface area contributed by atoms with Gasteiger partial charge < -0.3 is 0 Å². The van der Waals surface area contributed by atoms with Gasteiger partial charge in [-0.25, -0.2) is 8.78 Å². The smallest absolute Gasteiger partial charge is 0.206 e. The van der Waals surface area contributed by atoms with Crippen LogP contribution in [0.3, 0.4) is 0 Å². The van der Waals surface area contributed by atoms with Gasteiger partial charge in [0, 0.05) is 0 Å². The first-order valence-corrected chi connectivity index (χ1v) is 12.1. The van der Waals surface area contributed by atoms with Crippen molar-refractivity contribution in [1.82, 2.24) is 0 Å². The molecule has 2 aliphatic carbocycles. The second kappa shape index (κ2) is 10.2. The van der Waals surface area contributed by atoms with Crippen LogP contribution in [0.15, 0.2) is 12.1 Å². The molecule has 0 aliphatic heterocycles. The fourth-order valence-electron chi connectivity index (χ4n) is 5.57. The SMILES string of the molecule is CCCC1CCC(CCC2CCC(c3cc(F)c(C(F)(F)Br)c(F)c3)CC2)CC1. The van der Waals surface area contributed by atoms with E-state index in [0.717, 1.165) is 49.7 Å². The molecule has 0 radical (unpaired) electrons. The molecule has 0 heterocycles. The summed E-state index contributed by atoms with van der Waals surface area (Å²) in [6.07, 6.45) is 14.7. The molecule has 2 aliphatic rings. The highest BCUT2D eigenvalue weighted by molar-refractivity contribution is 9.09. The summed E-state index contributed by atoms with van der Waals surface area (Å²) in [5, 5.41) is 0. The van der Waals surface area contributed by atoms with Crippen LogP contribution in [0.5, 0.6) is 0 Å². The van der Waals surface area contributed by atoms with Crippen LogP contribution in [0.1, 0.15) is 101 Å². The zero-order chi connectivity index (χ0) is 21.0. The van der Waals surface area contributed by atoms with Crippen molar-refractivity contribution in [3.8, 4) is 0 Å². The fraction of sp³-hybridized carbons (Fsp3) is 0.750. The molecule has 0 amide bonds. The topological polar surface area (TPSA) is 0 Å². The van der Waals surface area contributed by atoms with Crippen LogP contribution in [-0.2, 0) is 4.83 Å². The maximum absolute atomic E-state index is 14.1. The minimum Gasteiger partial charge on any atom is -0.206 e. The number of hydrogen-bond acceptors (Lipinski definition) is 0. The summed E-state index contributed by atoms with van der Waals surface area (Å²) in [5.74, 6) is 0.259. The average molecular weight is 477 g/mol. The lowest BCUT2D eigenvalue weighted by Gasteiger charge is -2.32. The van der Waals surface area contributed by atoms with Crippen LogP contribution in [-0.4, -0.2) is 0 Å². The van der Waals surface area contributed by atoms with E-state index in [4.69, 9.17) is 0 Å². The van der Waals surface area contributed by atoms with E-state index in [1.807, 2.05) is 0 Å². The molecule has 164 valence electrons. The van der Waals surface area contributed by atoms with Gasteiger partial charge in [0.1, 0.15) is 17.2 Å². The summed E-state index contributed by atoms with van der Waals surface area (Å²) >= 11 is 2.06. The Hall–Kier alpha value is -0.580. The monoisotopic (exact) mass is 476 g/mol. The Morgan fingerprint density at radius 2 is 1.21 bits per heavy atom. The molecule has 0 saturated heterocycles. The molecule has 0 N–H and O–H groups in total. The van der Waals surface area contributed by atoms with Gasteiger partial charge in [-0.05, 0) is 83.0 Å². The van der Waals surface area contributed by atoms with E-state index >= 15 is 0 Å². The van der Waals surface area contributed by atoms with Crippen molar-refractivity contribution in [2.45, 2.75) is 94.7 Å². The molecule has 0 aromatic heterocycles. The second-order valence-corrected chi connectivity index (χ2v) is 10.3. The van der Waals surface area contributed by atoms with Crippen LogP contribution in [0, 0.1) is 29.4 Å². The van der Waals surface area contributed by atoms with Crippen LogP contribution in [0.25, 0.3) is 0 Å². The van der Waals surface area contributed by atoms with Crippen molar-refractivity contribution < 1.29 is 17.6 Å². The van der Waals surface area contributed by atoms with Crippen molar-refractivity contribution in [3.05, 3.63) is 34.9 Å². The summed E-state index contributed by atoms with van der Waals surface area (Å²) in [4.78, 5) is -3.69. The van der Waals surface area contributed by atoms with Crippen molar-refractivity contribution in [1.29, 1.82) is 0 Å². The molecule has 1 aromatic rings. The van der Waals surface area contributed by atoms with Gasteiger partial charge in [0.05, 0.1) is 0 Å². The first-order chi connectivity index (χ1) is 13.8. The third-order valence-electron chi connectivity index (χ3n) is 7.31. The molecule has 0 bridgehead atoms. The average Bonchev–Trinajstić information content (AvgIpc) is 2.66. The lowest BCUT2D eigenvalue weighted by atomic mass is 9.74. The van der Waals surface area contributed by atoms with Crippen LogP contribution in [0.2, 0.25) is 0 Å². The van der Waals surface area contributed by atoms with E-state index in [2.05, 4.69) is 22.9 Å². The summed E-state index contributed by atoms with van der Waals surface area (Å²) in [7, 11) is 0. The van der Waals surface area contributed by atoms with Crippen LogP contribution >= 0.6 is 15.9 Å². The van der Waals surface area contributed by atoms with Gasteiger partial charge in [0.25, 0.3) is 0 Å². The molecule has 0 spiro atoms. The molecule has 0 nitrogen and oxygen atoms in total. The van der Waals surface area contributed by atoms with Crippen molar-refractivity contribution in [3.63, 3.8) is 0 Å². The van der Waals surface area contributed by atoms with Gasteiger partial charge >= 0.3 is 4.83 Å². The maximum Gasteiger partial charge on any atom is 0.332 e. The number of hydrogen-bond donors (Lipinski definition) is 0. The zero-order valence-electron chi connectivity index (χ0n) is 17.3. The lowest BCUT2D eigenvalue weighted by molar-refractivity contribution is 0.105. The van der Waals surface area contributed by atoms with E-state index in [-0.39, 0.29) is 5.92 Å². The summed E-state index contributed by atoms with van der Waals surface area (Å²) in [5.41, 5.74) is -0.670. The van der Waals surface area contributed by atoms with Gasteiger partial charge in [0.2, 0.25) is 0 Å². The quantitative estimate of drug-likeness (QED) is 0.271. The summed E-state index contributed by atoms with van der Waals surface area (Å²) < 4.78 is 54.9. The van der Waals surface area contributed by atoms with Gasteiger partial charge in [-0.2, -0.15) is 8.78 Å². The highest BCUT2D eigenvalue weighted by atomic mass is 79.9. The highest BCUT2D eigenvalue weighted by Crippen LogP contribution is 2.43. The Labute approximate surface area is 181 Å². The number of benzene rings is 1. The summed E-state index contributed by atoms with van der Waals surface area (Å²) in [6.45, 7) is 2.27. The molecule has 0 atom stereocenters. The number of alkyl halides is 3. The first-order valence-electron chi connectivity index (χ1n) is 11.3. The van der Waals surface area contributed by atoms with Gasteiger partial charge in [-0.1, -0.05) is 58.3 Å². The molecular weight excluding hydrogens is 444 g/mol. The molecule has 2 fully saturated rings. The van der Waals surface area contributed by atoms with E-state index in [1.54, 1.807) is 0 Å². The van der Waals surface area contributed by atoms with Crippen molar-refractivity contribution in [2.24, 2.45) is 17.8 Å². The van der Waals surface area contributed by atoms with E-state index < -0.39 is 22.0 Å². The largest absolute Gasteiger partial charge is 0.332 e. The molecule has 29 heavy (non-hydrogen) atoms. The Balaban J connectivity index is 1.46. The zero-order valence-corrected chi connectivity index (χ0v) is 18.9. The van der Waals surface area contributed by atoms with Crippen molar-refractivity contribution in [2.75, 3.05) is 0 Å². The van der Waals surface area contributed by atoms with Gasteiger partial charge in [-0.3, -0.25) is 0 Å². The molecule has 0 unspecified atom stereocenters. The predicted molar refractivity (Wildman–Crippen MR) is 113 cm³/mol. The second-order valence-electron chi connectivity index (χ2n) is 9.33. The van der Waals surface area contributed by atoms with Crippen LogP contribution in [0.4, 0.5) is 17.6 Å². The molecule has 1 aromatic carbocycles. The summed E-state index contributed by atoms with van der Waals surface area (Å²) in [6, 6.07) is 2.21. The number of halogens is 5. The Morgan fingerprint density at radius 3 is 1.62 bits per heavy atom. The Bertz CT molecular complexity index is 630. The van der Waals surface area contributed by atoms with Crippen LogP contribution < -0.4 is 0 Å². The van der Waals surface area contributed by atoms with Crippen molar-refractivity contribution >= 4 is 15.9 Å².